The maximum atomic E-state index is 13.0. The standard InChI is InChI=1S/C12H11F2N3/c13-9-3-8(4-10(14)6-9)5-11(15)12-1-2-16-7-17-12/h1-4,6-7,11H,5,15H2. The Morgan fingerprint density at radius 3 is 2.47 bits per heavy atom. The molecule has 1 atom stereocenters. The minimum absolute atomic E-state index is 0.325. The lowest BCUT2D eigenvalue weighted by Crippen LogP contribution is -2.15. The number of halogens is 2. The molecule has 0 amide bonds. The lowest BCUT2D eigenvalue weighted by molar-refractivity contribution is 0.575. The van der Waals surface area contributed by atoms with Crippen molar-refractivity contribution in [3.05, 3.63) is 59.7 Å². The first-order valence-electron chi connectivity index (χ1n) is 5.11. The highest BCUT2D eigenvalue weighted by Gasteiger charge is 2.09. The van der Waals surface area contributed by atoms with Gasteiger partial charge in [0.15, 0.2) is 0 Å². The molecule has 0 spiro atoms. The van der Waals surface area contributed by atoms with Crippen molar-refractivity contribution in [2.75, 3.05) is 0 Å². The van der Waals surface area contributed by atoms with Gasteiger partial charge in [-0.2, -0.15) is 0 Å². The number of nitrogens with two attached hydrogens (primary N) is 1. The number of hydrogen-bond donors (Lipinski definition) is 1. The molecule has 0 bridgehead atoms. The third kappa shape index (κ3) is 3.04. The van der Waals surface area contributed by atoms with Crippen LogP contribution in [0.4, 0.5) is 8.78 Å². The molecule has 5 heteroatoms. The fourth-order valence-corrected chi connectivity index (χ4v) is 1.61. The van der Waals surface area contributed by atoms with E-state index in [0.29, 0.717) is 17.7 Å². The van der Waals surface area contributed by atoms with Crippen molar-refractivity contribution in [1.29, 1.82) is 0 Å². The Balaban J connectivity index is 2.16. The van der Waals surface area contributed by atoms with Crippen molar-refractivity contribution in [3.63, 3.8) is 0 Å². The van der Waals surface area contributed by atoms with Crippen LogP contribution in [-0.4, -0.2) is 9.97 Å². The second-order valence-electron chi connectivity index (χ2n) is 3.72. The average Bonchev–Trinajstić information content (AvgIpc) is 2.28. The van der Waals surface area contributed by atoms with E-state index in [9.17, 15) is 8.78 Å². The normalized spacial score (nSPS) is 12.4. The van der Waals surface area contributed by atoms with E-state index in [1.54, 1.807) is 12.3 Å². The zero-order valence-corrected chi connectivity index (χ0v) is 8.98. The third-order valence-electron chi connectivity index (χ3n) is 2.36. The third-order valence-corrected chi connectivity index (χ3v) is 2.36. The quantitative estimate of drug-likeness (QED) is 0.885. The van der Waals surface area contributed by atoms with Gasteiger partial charge in [-0.1, -0.05) is 0 Å². The summed E-state index contributed by atoms with van der Waals surface area (Å²) >= 11 is 0. The highest BCUT2D eigenvalue weighted by atomic mass is 19.1. The van der Waals surface area contributed by atoms with Crippen molar-refractivity contribution in [2.45, 2.75) is 12.5 Å². The first kappa shape index (κ1) is 11.6. The van der Waals surface area contributed by atoms with Crippen molar-refractivity contribution < 1.29 is 8.78 Å². The van der Waals surface area contributed by atoms with Crippen LogP contribution in [0.5, 0.6) is 0 Å². The number of hydrogen-bond acceptors (Lipinski definition) is 3. The first-order valence-corrected chi connectivity index (χ1v) is 5.11. The summed E-state index contributed by atoms with van der Waals surface area (Å²) in [6, 6.07) is 4.65. The van der Waals surface area contributed by atoms with Gasteiger partial charge in [-0.15, -0.1) is 0 Å². The summed E-state index contributed by atoms with van der Waals surface area (Å²) in [5, 5.41) is 0. The van der Waals surface area contributed by atoms with Crippen molar-refractivity contribution >= 4 is 0 Å². The lowest BCUT2D eigenvalue weighted by Gasteiger charge is -2.10. The molecule has 1 heterocycles. The molecule has 88 valence electrons. The van der Waals surface area contributed by atoms with Gasteiger partial charge in [0.1, 0.15) is 18.0 Å². The first-order chi connectivity index (χ1) is 8.15. The molecule has 0 aliphatic rings. The molecule has 1 unspecified atom stereocenters. The minimum atomic E-state index is -0.602. The molecule has 1 aromatic carbocycles. The van der Waals surface area contributed by atoms with Crippen molar-refractivity contribution in [1.82, 2.24) is 9.97 Å². The van der Waals surface area contributed by atoms with E-state index >= 15 is 0 Å². The van der Waals surface area contributed by atoms with Gasteiger partial charge < -0.3 is 5.73 Å². The summed E-state index contributed by atoms with van der Waals surface area (Å²) in [6.07, 6.45) is 3.29. The Morgan fingerprint density at radius 1 is 1.18 bits per heavy atom. The molecule has 2 rings (SSSR count). The maximum absolute atomic E-state index is 13.0. The number of rotatable bonds is 3. The second kappa shape index (κ2) is 4.97. The summed E-state index contributed by atoms with van der Waals surface area (Å²) < 4.78 is 25.9. The Morgan fingerprint density at radius 2 is 1.88 bits per heavy atom. The summed E-state index contributed by atoms with van der Waals surface area (Å²) in [5.74, 6) is -1.20. The molecule has 0 aliphatic heterocycles. The van der Waals surface area contributed by atoms with Crippen LogP contribution in [0, 0.1) is 11.6 Å². The molecule has 1 aromatic heterocycles. The zero-order chi connectivity index (χ0) is 12.3. The van der Waals surface area contributed by atoms with E-state index in [1.165, 1.54) is 18.5 Å². The van der Waals surface area contributed by atoms with Gasteiger partial charge in [0.25, 0.3) is 0 Å². The molecule has 2 aromatic rings. The second-order valence-corrected chi connectivity index (χ2v) is 3.72. The Bertz CT molecular complexity index is 482. The maximum Gasteiger partial charge on any atom is 0.126 e. The highest BCUT2D eigenvalue weighted by Crippen LogP contribution is 2.15. The van der Waals surface area contributed by atoms with Gasteiger partial charge in [0.2, 0.25) is 0 Å². The minimum Gasteiger partial charge on any atom is -0.322 e. The van der Waals surface area contributed by atoms with Gasteiger partial charge in [0.05, 0.1) is 11.7 Å². The van der Waals surface area contributed by atoms with Gasteiger partial charge >= 0.3 is 0 Å². The molecular formula is C12H11F2N3. The molecular weight excluding hydrogens is 224 g/mol. The lowest BCUT2D eigenvalue weighted by atomic mass is 10.0. The van der Waals surface area contributed by atoms with Crippen LogP contribution in [0.3, 0.4) is 0 Å². The van der Waals surface area contributed by atoms with Gasteiger partial charge in [0, 0.05) is 12.3 Å². The predicted molar refractivity (Wildman–Crippen MR) is 59.0 cm³/mol. The summed E-state index contributed by atoms with van der Waals surface area (Å²) in [7, 11) is 0. The van der Waals surface area contributed by atoms with Gasteiger partial charge in [-0.25, -0.2) is 18.7 Å². The molecule has 2 N–H and O–H groups in total. The molecule has 0 radical (unpaired) electrons. The van der Waals surface area contributed by atoms with Crippen LogP contribution in [0.25, 0.3) is 0 Å². The topological polar surface area (TPSA) is 51.8 Å². The molecule has 3 nitrogen and oxygen atoms in total. The fourth-order valence-electron chi connectivity index (χ4n) is 1.61. The Kier molecular flexibility index (Phi) is 3.39. The van der Waals surface area contributed by atoms with E-state index in [0.717, 1.165) is 6.07 Å². The number of nitrogens with zero attached hydrogens (tertiary/aromatic N) is 2. The predicted octanol–water partition coefficient (Wildman–Crippen LogP) is 2.00. The van der Waals surface area contributed by atoms with Crippen LogP contribution < -0.4 is 5.73 Å². The van der Waals surface area contributed by atoms with Crippen LogP contribution in [-0.2, 0) is 6.42 Å². The summed E-state index contributed by atoms with van der Waals surface area (Å²) in [4.78, 5) is 7.77. The average molecular weight is 235 g/mol. The molecule has 17 heavy (non-hydrogen) atoms. The molecule has 0 fully saturated rings. The summed E-state index contributed by atoms with van der Waals surface area (Å²) in [5.41, 5.74) is 7.04. The van der Waals surface area contributed by atoms with Crippen LogP contribution in [0.2, 0.25) is 0 Å². The van der Waals surface area contributed by atoms with E-state index < -0.39 is 17.7 Å². The van der Waals surface area contributed by atoms with E-state index in [-0.39, 0.29) is 0 Å². The van der Waals surface area contributed by atoms with Crippen molar-refractivity contribution in [3.8, 4) is 0 Å². The Labute approximate surface area is 97.3 Å². The summed E-state index contributed by atoms with van der Waals surface area (Å²) in [6.45, 7) is 0. The largest absolute Gasteiger partial charge is 0.322 e. The monoisotopic (exact) mass is 235 g/mol. The van der Waals surface area contributed by atoms with Crippen LogP contribution in [0.15, 0.2) is 36.8 Å². The fraction of sp³-hybridized carbons (Fsp3) is 0.167. The molecule has 0 aliphatic carbocycles. The van der Waals surface area contributed by atoms with Gasteiger partial charge in [-0.3, -0.25) is 0 Å². The molecule has 0 saturated heterocycles. The number of aromatic nitrogens is 2. The van der Waals surface area contributed by atoms with Gasteiger partial charge in [-0.05, 0) is 30.2 Å². The smallest absolute Gasteiger partial charge is 0.126 e. The molecule has 0 saturated carbocycles. The van der Waals surface area contributed by atoms with Crippen LogP contribution >= 0.6 is 0 Å². The van der Waals surface area contributed by atoms with Crippen molar-refractivity contribution in [2.24, 2.45) is 5.73 Å². The Hall–Kier alpha value is -1.88. The SMILES string of the molecule is NC(Cc1cc(F)cc(F)c1)c1ccncn1. The zero-order valence-electron chi connectivity index (χ0n) is 8.98. The van der Waals surface area contributed by atoms with E-state index in [2.05, 4.69) is 9.97 Å². The van der Waals surface area contributed by atoms with E-state index in [4.69, 9.17) is 5.73 Å². The number of benzene rings is 1. The van der Waals surface area contributed by atoms with E-state index in [1.807, 2.05) is 0 Å². The van der Waals surface area contributed by atoms with Crippen LogP contribution in [0.1, 0.15) is 17.3 Å². The highest BCUT2D eigenvalue weighted by molar-refractivity contribution is 5.20.